The van der Waals surface area contributed by atoms with Crippen LogP contribution in [0.1, 0.15) is 17.0 Å². The van der Waals surface area contributed by atoms with Crippen molar-refractivity contribution >= 4 is 33.9 Å². The van der Waals surface area contributed by atoms with Crippen molar-refractivity contribution < 1.29 is 14.4 Å². The number of hydrogen-bond acceptors (Lipinski definition) is 4. The summed E-state index contributed by atoms with van der Waals surface area (Å²) in [7, 11) is 0. The lowest BCUT2D eigenvalue weighted by Crippen LogP contribution is -2.00. The fourth-order valence-corrected chi connectivity index (χ4v) is 4.37. The summed E-state index contributed by atoms with van der Waals surface area (Å²) >= 11 is 0. The monoisotopic (exact) mass is 411 g/mol. The normalized spacial score (nSPS) is 11.3. The van der Waals surface area contributed by atoms with Gasteiger partial charge in [-0.25, -0.2) is 0 Å². The van der Waals surface area contributed by atoms with E-state index in [-0.39, 0.29) is 5.75 Å². The van der Waals surface area contributed by atoms with Crippen LogP contribution >= 0.6 is 0 Å². The van der Waals surface area contributed by atoms with E-state index in [9.17, 15) is 9.90 Å². The van der Waals surface area contributed by atoms with Crippen molar-refractivity contribution in [2.75, 3.05) is 5.32 Å². The van der Waals surface area contributed by atoms with Crippen molar-refractivity contribution in [2.24, 2.45) is 0 Å². The van der Waals surface area contributed by atoms with Crippen LogP contribution in [0.25, 0.3) is 32.9 Å². The fraction of sp³-hybridized carbons (Fsp3) is 0.120. The van der Waals surface area contributed by atoms with Gasteiger partial charge in [-0.15, -0.1) is 0 Å². The molecule has 5 aromatic rings. The minimum Gasteiger partial charge on any atom is -0.508 e. The van der Waals surface area contributed by atoms with E-state index in [4.69, 9.17) is 4.52 Å². The number of fused-ring (bicyclic) bond motifs is 3. The van der Waals surface area contributed by atoms with Crippen LogP contribution in [-0.2, 0) is 11.3 Å². The highest BCUT2D eigenvalue weighted by molar-refractivity contribution is 6.16. The maximum atomic E-state index is 11.5. The Balaban J connectivity index is 1.88. The van der Waals surface area contributed by atoms with E-state index in [1.165, 1.54) is 0 Å². The van der Waals surface area contributed by atoms with Gasteiger partial charge in [0, 0.05) is 28.4 Å². The number of anilines is 1. The molecule has 0 aliphatic rings. The summed E-state index contributed by atoms with van der Waals surface area (Å²) in [6.07, 6.45) is 0.676. The number of aromatic hydroxyl groups is 1. The zero-order valence-electron chi connectivity index (χ0n) is 17.2. The summed E-state index contributed by atoms with van der Waals surface area (Å²) in [6, 6.07) is 19.6. The predicted molar refractivity (Wildman–Crippen MR) is 121 cm³/mol. The largest absolute Gasteiger partial charge is 0.508 e. The SMILES string of the molecule is Cc1noc(C)c1-c1cc(NC=O)c2c3cc(O)ccc3n(Cc3ccccc3)c2c1. The summed E-state index contributed by atoms with van der Waals surface area (Å²) in [5.74, 6) is 0.899. The molecule has 0 fully saturated rings. The Kier molecular flexibility index (Phi) is 4.47. The zero-order chi connectivity index (χ0) is 21.5. The highest BCUT2D eigenvalue weighted by Gasteiger charge is 2.19. The number of nitrogens with zero attached hydrogens (tertiary/aromatic N) is 2. The highest BCUT2D eigenvalue weighted by Crippen LogP contribution is 2.40. The van der Waals surface area contributed by atoms with Crippen molar-refractivity contribution in [3.8, 4) is 16.9 Å². The van der Waals surface area contributed by atoms with Crippen LogP contribution in [-0.4, -0.2) is 21.2 Å². The number of aryl methyl sites for hydroxylation is 2. The lowest BCUT2D eigenvalue weighted by Gasteiger charge is -2.11. The second-order valence-electron chi connectivity index (χ2n) is 7.65. The number of aromatic nitrogens is 2. The summed E-state index contributed by atoms with van der Waals surface area (Å²) in [4.78, 5) is 11.5. The van der Waals surface area contributed by atoms with Gasteiger partial charge in [0.2, 0.25) is 6.41 Å². The molecule has 0 aliphatic heterocycles. The van der Waals surface area contributed by atoms with Crippen LogP contribution in [0.3, 0.4) is 0 Å². The van der Waals surface area contributed by atoms with E-state index >= 15 is 0 Å². The van der Waals surface area contributed by atoms with Crippen LogP contribution in [0, 0.1) is 13.8 Å². The van der Waals surface area contributed by atoms with Crippen molar-refractivity contribution in [3.63, 3.8) is 0 Å². The first-order valence-corrected chi connectivity index (χ1v) is 10.0. The van der Waals surface area contributed by atoms with Crippen LogP contribution < -0.4 is 5.32 Å². The van der Waals surface area contributed by atoms with E-state index < -0.39 is 0 Å². The topological polar surface area (TPSA) is 80.3 Å². The number of phenolic OH excluding ortho intramolecular Hbond substituents is 1. The van der Waals surface area contributed by atoms with Crippen LogP contribution in [0.4, 0.5) is 5.69 Å². The lowest BCUT2D eigenvalue weighted by molar-refractivity contribution is -0.105. The molecule has 2 heterocycles. The second-order valence-corrected chi connectivity index (χ2v) is 7.65. The molecular weight excluding hydrogens is 390 g/mol. The second kappa shape index (κ2) is 7.32. The Bertz CT molecular complexity index is 1410. The third kappa shape index (κ3) is 3.13. The van der Waals surface area contributed by atoms with Gasteiger partial charge in [0.15, 0.2) is 0 Å². The van der Waals surface area contributed by atoms with E-state index in [1.54, 1.807) is 12.1 Å². The number of hydrogen-bond donors (Lipinski definition) is 2. The Morgan fingerprint density at radius 3 is 2.58 bits per heavy atom. The van der Waals surface area contributed by atoms with Crippen molar-refractivity contribution in [1.82, 2.24) is 9.72 Å². The van der Waals surface area contributed by atoms with Gasteiger partial charge in [-0.2, -0.15) is 0 Å². The molecule has 2 N–H and O–H groups in total. The number of carbonyl (C=O) groups is 1. The van der Waals surface area contributed by atoms with Gasteiger partial charge >= 0.3 is 0 Å². The molecule has 6 nitrogen and oxygen atoms in total. The standard InChI is InChI=1S/C25H21N3O3/c1-15-24(16(2)31-27-15)18-10-21(26-14-29)25-20-12-19(30)8-9-22(20)28(23(25)11-18)13-17-6-4-3-5-7-17/h3-12,14,30H,13H2,1-2H3,(H,26,29). The van der Waals surface area contributed by atoms with Crippen molar-refractivity contribution in [1.29, 1.82) is 0 Å². The molecule has 0 saturated carbocycles. The van der Waals surface area contributed by atoms with Crippen molar-refractivity contribution in [3.05, 3.63) is 77.7 Å². The summed E-state index contributed by atoms with van der Waals surface area (Å²) in [5.41, 5.74) is 6.36. The van der Waals surface area contributed by atoms with Crippen LogP contribution in [0.15, 0.2) is 65.2 Å². The molecule has 0 bridgehead atoms. The predicted octanol–water partition coefficient (Wildman–Crippen LogP) is 5.39. The number of carbonyl (C=O) groups excluding carboxylic acids is 1. The van der Waals surface area contributed by atoms with Crippen molar-refractivity contribution in [2.45, 2.75) is 20.4 Å². The Labute approximate surface area is 178 Å². The summed E-state index contributed by atoms with van der Waals surface area (Å²) < 4.78 is 7.59. The first-order valence-electron chi connectivity index (χ1n) is 10.0. The quantitative estimate of drug-likeness (QED) is 0.380. The first kappa shape index (κ1) is 18.9. The Morgan fingerprint density at radius 1 is 1.06 bits per heavy atom. The summed E-state index contributed by atoms with van der Waals surface area (Å²) in [6.45, 7) is 4.43. The van der Waals surface area contributed by atoms with Crippen LogP contribution in [0.2, 0.25) is 0 Å². The van der Waals surface area contributed by atoms with E-state index in [0.717, 1.165) is 50.0 Å². The molecule has 2 aromatic heterocycles. The molecule has 0 unspecified atom stereocenters. The van der Waals surface area contributed by atoms with Gasteiger partial charge in [-0.1, -0.05) is 35.5 Å². The Hall–Kier alpha value is -4.06. The van der Waals surface area contributed by atoms with Gasteiger partial charge in [-0.3, -0.25) is 4.79 Å². The molecule has 0 aliphatic carbocycles. The fourth-order valence-electron chi connectivity index (χ4n) is 4.37. The van der Waals surface area contributed by atoms with Gasteiger partial charge in [0.25, 0.3) is 0 Å². The molecule has 3 aromatic carbocycles. The van der Waals surface area contributed by atoms with E-state index in [0.29, 0.717) is 18.6 Å². The van der Waals surface area contributed by atoms with E-state index in [2.05, 4.69) is 33.2 Å². The average Bonchev–Trinajstić information content (AvgIpc) is 3.25. The maximum Gasteiger partial charge on any atom is 0.211 e. The third-order valence-electron chi connectivity index (χ3n) is 5.67. The lowest BCUT2D eigenvalue weighted by atomic mass is 10.0. The molecule has 0 saturated heterocycles. The maximum absolute atomic E-state index is 11.5. The van der Waals surface area contributed by atoms with Gasteiger partial charge in [0.1, 0.15) is 11.5 Å². The molecule has 154 valence electrons. The number of phenols is 1. The molecule has 5 rings (SSSR count). The van der Waals surface area contributed by atoms with E-state index in [1.807, 2.05) is 44.2 Å². The van der Waals surface area contributed by atoms with Gasteiger partial charge in [-0.05, 0) is 55.3 Å². The molecule has 0 atom stereocenters. The molecule has 0 radical (unpaired) electrons. The highest BCUT2D eigenvalue weighted by atomic mass is 16.5. The average molecular weight is 411 g/mol. The smallest absolute Gasteiger partial charge is 0.211 e. The minimum atomic E-state index is 0.179. The molecule has 6 heteroatoms. The zero-order valence-corrected chi connectivity index (χ0v) is 17.2. The summed E-state index contributed by atoms with van der Waals surface area (Å²) in [5, 5.41) is 18.9. The van der Waals surface area contributed by atoms with Gasteiger partial charge < -0.3 is 19.5 Å². The van der Waals surface area contributed by atoms with Crippen LogP contribution in [0.5, 0.6) is 5.75 Å². The molecular formula is C25H21N3O3. The third-order valence-corrected chi connectivity index (χ3v) is 5.67. The molecule has 0 spiro atoms. The number of nitrogens with one attached hydrogen (secondary N) is 1. The first-order chi connectivity index (χ1) is 15.1. The molecule has 1 amide bonds. The van der Waals surface area contributed by atoms with Gasteiger partial charge in [0.05, 0.1) is 16.9 Å². The minimum absolute atomic E-state index is 0.179. The number of benzene rings is 3. The Morgan fingerprint density at radius 2 is 1.87 bits per heavy atom. The molecule has 31 heavy (non-hydrogen) atoms. The number of rotatable bonds is 5. The number of amides is 1.